The van der Waals surface area contributed by atoms with Gasteiger partial charge in [-0.15, -0.1) is 5.10 Å². The number of fused-ring (bicyclic) bond motifs is 3. The van der Waals surface area contributed by atoms with Gasteiger partial charge in [0.2, 0.25) is 5.91 Å². The van der Waals surface area contributed by atoms with E-state index in [2.05, 4.69) is 35.2 Å². The van der Waals surface area contributed by atoms with E-state index in [9.17, 15) is 9.90 Å². The summed E-state index contributed by atoms with van der Waals surface area (Å²) in [6.07, 6.45) is 3.66. The zero-order chi connectivity index (χ0) is 25.5. The van der Waals surface area contributed by atoms with E-state index in [1.807, 2.05) is 25.3 Å². The van der Waals surface area contributed by atoms with E-state index >= 15 is 0 Å². The first-order valence-corrected chi connectivity index (χ1v) is 12.9. The predicted octanol–water partition coefficient (Wildman–Crippen LogP) is 2.10. The highest BCUT2D eigenvalue weighted by molar-refractivity contribution is 5.76. The molecular formula is C26H39N5O5. The Morgan fingerprint density at radius 3 is 2.92 bits per heavy atom. The molecule has 0 fully saturated rings. The van der Waals surface area contributed by atoms with Gasteiger partial charge in [-0.3, -0.25) is 14.4 Å². The lowest BCUT2D eigenvalue weighted by Gasteiger charge is -2.35. The number of aliphatic hydroxyl groups excluding tert-OH is 1. The molecule has 2 aliphatic heterocycles. The molecule has 2 aliphatic rings. The van der Waals surface area contributed by atoms with Crippen LogP contribution in [0.25, 0.3) is 0 Å². The van der Waals surface area contributed by atoms with Gasteiger partial charge in [-0.1, -0.05) is 24.3 Å². The minimum Gasteiger partial charge on any atom is -0.490 e. The van der Waals surface area contributed by atoms with Crippen LogP contribution in [-0.2, 0) is 29.2 Å². The Morgan fingerprint density at radius 1 is 1.25 bits per heavy atom. The summed E-state index contributed by atoms with van der Waals surface area (Å²) in [5.41, 5.74) is 1.85. The van der Waals surface area contributed by atoms with Crippen LogP contribution >= 0.6 is 0 Å². The van der Waals surface area contributed by atoms with Crippen molar-refractivity contribution in [1.82, 2.24) is 24.8 Å². The van der Waals surface area contributed by atoms with Crippen LogP contribution < -0.4 is 9.47 Å². The molecule has 0 saturated heterocycles. The second-order valence-electron chi connectivity index (χ2n) is 9.97. The number of carbonyl (C=O) groups is 1. The van der Waals surface area contributed by atoms with Gasteiger partial charge in [-0.05, 0) is 26.5 Å². The number of ether oxygens (including phenoxy) is 3. The number of amides is 1. The Morgan fingerprint density at radius 2 is 2.08 bits per heavy atom. The van der Waals surface area contributed by atoms with E-state index in [1.165, 1.54) is 0 Å². The fraction of sp³-hybridized carbons (Fsp3) is 0.654. The zero-order valence-electron chi connectivity index (χ0n) is 21.6. The monoisotopic (exact) mass is 501 g/mol. The summed E-state index contributed by atoms with van der Waals surface area (Å²) in [5, 5.41) is 18.2. The highest BCUT2D eigenvalue weighted by Gasteiger charge is 2.28. The van der Waals surface area contributed by atoms with Gasteiger partial charge in [-0.2, -0.15) is 0 Å². The van der Waals surface area contributed by atoms with Crippen LogP contribution in [0.2, 0.25) is 0 Å². The normalized spacial score (nSPS) is 22.4. The van der Waals surface area contributed by atoms with E-state index in [1.54, 1.807) is 9.58 Å². The van der Waals surface area contributed by atoms with Crippen molar-refractivity contribution in [2.24, 2.45) is 5.92 Å². The molecule has 1 aromatic carbocycles. The Labute approximate surface area is 213 Å². The first-order valence-electron chi connectivity index (χ1n) is 12.9. The number of aromatic nitrogens is 3. The number of nitrogens with zero attached hydrogens (tertiary/aromatic N) is 5. The summed E-state index contributed by atoms with van der Waals surface area (Å²) >= 11 is 0. The number of benzene rings is 1. The number of carbonyl (C=O) groups excluding carboxylic acids is 1. The van der Waals surface area contributed by atoms with Crippen molar-refractivity contribution >= 4 is 5.91 Å². The number of aliphatic hydroxyl groups is 1. The van der Waals surface area contributed by atoms with E-state index < -0.39 is 0 Å². The van der Waals surface area contributed by atoms with Crippen LogP contribution in [0.3, 0.4) is 0 Å². The highest BCUT2D eigenvalue weighted by atomic mass is 16.5. The average Bonchev–Trinajstić information content (AvgIpc) is 3.18. The maximum absolute atomic E-state index is 13.1. The van der Waals surface area contributed by atoms with Gasteiger partial charge in [0.1, 0.15) is 5.69 Å². The minimum atomic E-state index is -0.252. The quantitative estimate of drug-likeness (QED) is 0.642. The topological polar surface area (TPSA) is 102 Å². The van der Waals surface area contributed by atoms with E-state index in [4.69, 9.17) is 14.2 Å². The third-order valence-electron chi connectivity index (χ3n) is 6.83. The summed E-state index contributed by atoms with van der Waals surface area (Å²) in [5.74, 6) is 1.68. The predicted molar refractivity (Wildman–Crippen MR) is 134 cm³/mol. The Bertz CT molecular complexity index is 999. The molecule has 0 spiro atoms. The maximum atomic E-state index is 13.1. The fourth-order valence-electron chi connectivity index (χ4n) is 4.73. The second kappa shape index (κ2) is 12.5. The smallest absolute Gasteiger partial charge is 0.222 e. The second-order valence-corrected chi connectivity index (χ2v) is 9.97. The van der Waals surface area contributed by atoms with E-state index in [0.717, 1.165) is 29.2 Å². The Balaban J connectivity index is 1.50. The summed E-state index contributed by atoms with van der Waals surface area (Å²) in [6, 6.07) is 5.77. The molecule has 0 aliphatic carbocycles. The number of hydrogen-bond donors (Lipinski definition) is 1. The SMILES string of the molecule is C[C@H](CO)N1C[C@H](C)[C@H](CN(C)Cc2cccc3c2OCCCO3)OCc2cn(nn2)CCCC1=O. The molecule has 10 heteroatoms. The van der Waals surface area contributed by atoms with Gasteiger partial charge >= 0.3 is 0 Å². The van der Waals surface area contributed by atoms with Crippen molar-refractivity contribution < 1.29 is 24.1 Å². The molecular weight excluding hydrogens is 462 g/mol. The summed E-state index contributed by atoms with van der Waals surface area (Å²) in [6.45, 7) is 8.02. The number of hydrogen-bond acceptors (Lipinski definition) is 8. The third kappa shape index (κ3) is 6.74. The third-order valence-corrected chi connectivity index (χ3v) is 6.83. The van der Waals surface area contributed by atoms with Crippen LogP contribution in [0.4, 0.5) is 0 Å². The van der Waals surface area contributed by atoms with Crippen molar-refractivity contribution in [3.05, 3.63) is 35.7 Å². The molecule has 1 N–H and O–H groups in total. The Hall–Kier alpha value is -2.69. The van der Waals surface area contributed by atoms with Crippen LogP contribution in [0, 0.1) is 5.92 Å². The number of aryl methyl sites for hydroxylation is 1. The van der Waals surface area contributed by atoms with Gasteiger partial charge in [0.05, 0.1) is 44.8 Å². The highest BCUT2D eigenvalue weighted by Crippen LogP contribution is 2.34. The molecule has 0 radical (unpaired) electrons. The fourth-order valence-corrected chi connectivity index (χ4v) is 4.73. The van der Waals surface area contributed by atoms with E-state index in [-0.39, 0.29) is 30.6 Å². The van der Waals surface area contributed by atoms with Crippen LogP contribution in [0.5, 0.6) is 11.5 Å². The number of rotatable bonds is 6. The molecule has 10 nitrogen and oxygen atoms in total. The maximum Gasteiger partial charge on any atom is 0.222 e. The summed E-state index contributed by atoms with van der Waals surface area (Å²) < 4.78 is 20.0. The Kier molecular flexibility index (Phi) is 9.17. The molecule has 1 amide bonds. The minimum absolute atomic E-state index is 0.0358. The lowest BCUT2D eigenvalue weighted by atomic mass is 10.0. The molecule has 4 rings (SSSR count). The number of para-hydroxylation sites is 1. The van der Waals surface area contributed by atoms with Gasteiger partial charge < -0.3 is 24.2 Å². The van der Waals surface area contributed by atoms with Gasteiger partial charge in [0.25, 0.3) is 0 Å². The lowest BCUT2D eigenvalue weighted by molar-refractivity contribution is -0.136. The molecule has 3 atom stereocenters. The van der Waals surface area contributed by atoms with Gasteiger partial charge in [0, 0.05) is 50.5 Å². The molecule has 2 aromatic rings. The average molecular weight is 502 g/mol. The van der Waals surface area contributed by atoms with Crippen molar-refractivity contribution in [3.8, 4) is 11.5 Å². The zero-order valence-corrected chi connectivity index (χ0v) is 21.6. The molecule has 0 saturated carbocycles. The summed E-state index contributed by atoms with van der Waals surface area (Å²) in [4.78, 5) is 17.1. The standard InChI is InChI=1S/C26H39N5O5/c1-19-13-31(20(2)17-32)25(33)9-5-10-30-15-22(27-28-30)18-36-24(19)16-29(3)14-21-7-4-8-23-26(21)35-12-6-11-34-23/h4,7-8,15,19-20,24,32H,5-6,9-14,16-18H2,1-3H3/t19-,20+,24-/m0/s1. The number of likely N-dealkylation sites (N-methyl/N-ethyl adjacent to an activating group) is 1. The van der Waals surface area contributed by atoms with Crippen LogP contribution in [0.1, 0.15) is 44.4 Å². The molecule has 1 aromatic heterocycles. The van der Waals surface area contributed by atoms with Crippen LogP contribution in [0.15, 0.2) is 24.4 Å². The first kappa shape index (κ1) is 26.4. The largest absolute Gasteiger partial charge is 0.490 e. The van der Waals surface area contributed by atoms with Gasteiger partial charge in [0.15, 0.2) is 11.5 Å². The molecule has 0 unspecified atom stereocenters. The molecule has 2 bridgehead atoms. The lowest BCUT2D eigenvalue weighted by Crippen LogP contribution is -2.47. The first-order chi connectivity index (χ1) is 17.4. The van der Waals surface area contributed by atoms with Crippen molar-refractivity contribution in [1.29, 1.82) is 0 Å². The summed E-state index contributed by atoms with van der Waals surface area (Å²) in [7, 11) is 2.06. The van der Waals surface area contributed by atoms with Crippen molar-refractivity contribution in [2.75, 3.05) is 40.0 Å². The van der Waals surface area contributed by atoms with Crippen LogP contribution in [-0.4, -0.2) is 87.9 Å². The van der Waals surface area contributed by atoms with Gasteiger partial charge in [-0.25, -0.2) is 0 Å². The molecule has 3 heterocycles. The van der Waals surface area contributed by atoms with Crippen molar-refractivity contribution in [3.63, 3.8) is 0 Å². The molecule has 198 valence electrons. The van der Waals surface area contributed by atoms with Crippen molar-refractivity contribution in [2.45, 2.75) is 65.0 Å². The van der Waals surface area contributed by atoms with E-state index in [0.29, 0.717) is 58.8 Å². The molecule has 36 heavy (non-hydrogen) atoms.